The highest BCUT2D eigenvalue weighted by atomic mass is 19.1. The Balaban J connectivity index is 1.53. The van der Waals surface area contributed by atoms with E-state index in [-0.39, 0.29) is 36.1 Å². The predicted octanol–water partition coefficient (Wildman–Crippen LogP) is 3.96. The maximum atomic E-state index is 13.2. The summed E-state index contributed by atoms with van der Waals surface area (Å²) in [7, 11) is 0. The summed E-state index contributed by atoms with van der Waals surface area (Å²) in [5.41, 5.74) is 8.87. The molecule has 0 saturated carbocycles. The number of benzene rings is 2. The molecule has 0 bridgehead atoms. The van der Waals surface area contributed by atoms with Gasteiger partial charge in [-0.25, -0.2) is 4.39 Å². The van der Waals surface area contributed by atoms with Gasteiger partial charge >= 0.3 is 0 Å². The normalized spacial score (nSPS) is 16.1. The summed E-state index contributed by atoms with van der Waals surface area (Å²) in [6, 6.07) is 13.8. The fourth-order valence-electron chi connectivity index (χ4n) is 3.94. The van der Waals surface area contributed by atoms with Crippen molar-refractivity contribution >= 4 is 11.7 Å². The fraction of sp³-hybridized carbons (Fsp3) is 0.440. The van der Waals surface area contributed by atoms with Gasteiger partial charge in [0.2, 0.25) is 0 Å². The van der Waals surface area contributed by atoms with E-state index in [0.717, 1.165) is 30.8 Å². The molecule has 1 unspecified atom stereocenters. The van der Waals surface area contributed by atoms with E-state index in [2.05, 4.69) is 21.4 Å². The molecular weight excluding hydrogens is 407 g/mol. The van der Waals surface area contributed by atoms with Gasteiger partial charge in [0.05, 0.1) is 6.04 Å². The first-order valence-corrected chi connectivity index (χ1v) is 11.2. The number of amides is 1. The molecule has 0 radical (unpaired) electrons. The number of likely N-dealkylation sites (tertiary alicyclic amines) is 1. The maximum Gasteiger partial charge on any atom is 0.261 e. The fourth-order valence-corrected chi connectivity index (χ4v) is 3.94. The van der Waals surface area contributed by atoms with Gasteiger partial charge < -0.3 is 15.9 Å². The van der Waals surface area contributed by atoms with Crippen LogP contribution in [0.3, 0.4) is 0 Å². The van der Waals surface area contributed by atoms with Crippen molar-refractivity contribution in [3.05, 3.63) is 71.0 Å². The topological polar surface area (TPSA) is 79.9 Å². The van der Waals surface area contributed by atoms with Gasteiger partial charge in [0.1, 0.15) is 5.82 Å². The number of amidine groups is 1. The lowest BCUT2D eigenvalue weighted by Gasteiger charge is -2.26. The molecule has 2 aromatic carbocycles. The molecule has 3 rings (SSSR count). The highest BCUT2D eigenvalue weighted by Crippen LogP contribution is 2.22. The summed E-state index contributed by atoms with van der Waals surface area (Å²) < 4.78 is 13.2. The van der Waals surface area contributed by atoms with Gasteiger partial charge in [0, 0.05) is 12.1 Å². The second-order valence-corrected chi connectivity index (χ2v) is 8.63. The quantitative estimate of drug-likeness (QED) is 0.351. The van der Waals surface area contributed by atoms with Gasteiger partial charge in [-0.15, -0.1) is 0 Å². The lowest BCUT2D eigenvalue weighted by atomic mass is 9.96. The highest BCUT2D eigenvalue weighted by Gasteiger charge is 2.19. The van der Waals surface area contributed by atoms with Crippen LogP contribution in [-0.2, 0) is 16.2 Å². The van der Waals surface area contributed by atoms with Gasteiger partial charge in [0.15, 0.2) is 12.4 Å². The van der Waals surface area contributed by atoms with Crippen molar-refractivity contribution in [2.45, 2.75) is 45.7 Å². The molecule has 0 aliphatic carbocycles. The number of halogens is 1. The standard InChI is InChI=1S/C25H33FN4O2/c1-18(2)24(20-9-11-22(26)12-10-20)28-23(31)17-32-29-25(27)21-8-6-7-19(15-21)16-30-13-4-3-5-14-30/h6-12,15,18,24H,3-5,13-14,16-17H2,1-2H3,(H2,27,29)(H,28,31). The van der Waals surface area contributed by atoms with Crippen LogP contribution in [0.4, 0.5) is 4.39 Å². The number of hydrogen-bond donors (Lipinski definition) is 2. The third-order valence-corrected chi connectivity index (χ3v) is 5.65. The number of nitrogens with two attached hydrogens (primary N) is 1. The largest absolute Gasteiger partial charge is 0.384 e. The molecule has 1 atom stereocenters. The molecule has 172 valence electrons. The van der Waals surface area contributed by atoms with Crippen LogP contribution >= 0.6 is 0 Å². The molecular formula is C25H33FN4O2. The number of carbonyl (C=O) groups is 1. The van der Waals surface area contributed by atoms with Crippen LogP contribution in [0.5, 0.6) is 0 Å². The Morgan fingerprint density at radius 2 is 1.88 bits per heavy atom. The Morgan fingerprint density at radius 3 is 2.56 bits per heavy atom. The van der Waals surface area contributed by atoms with Crippen molar-refractivity contribution in [3.8, 4) is 0 Å². The van der Waals surface area contributed by atoms with Crippen molar-refractivity contribution in [2.24, 2.45) is 16.8 Å². The minimum absolute atomic E-state index is 0.126. The molecule has 0 aromatic heterocycles. The Labute approximate surface area is 189 Å². The second-order valence-electron chi connectivity index (χ2n) is 8.63. The van der Waals surface area contributed by atoms with Gasteiger partial charge in [-0.3, -0.25) is 9.69 Å². The van der Waals surface area contributed by atoms with Crippen LogP contribution in [0.25, 0.3) is 0 Å². The monoisotopic (exact) mass is 440 g/mol. The molecule has 32 heavy (non-hydrogen) atoms. The van der Waals surface area contributed by atoms with Crippen molar-refractivity contribution in [1.82, 2.24) is 10.2 Å². The van der Waals surface area contributed by atoms with Crippen LogP contribution in [-0.4, -0.2) is 36.3 Å². The first-order chi connectivity index (χ1) is 15.4. The SMILES string of the molecule is CC(C)C(NC(=O)CO/N=C(/N)c1cccc(CN2CCCCC2)c1)c1ccc(F)cc1. The van der Waals surface area contributed by atoms with Crippen molar-refractivity contribution in [1.29, 1.82) is 0 Å². The Bertz CT molecular complexity index is 908. The molecule has 3 N–H and O–H groups in total. The first-order valence-electron chi connectivity index (χ1n) is 11.2. The number of rotatable bonds is 9. The molecule has 0 spiro atoms. The summed E-state index contributed by atoms with van der Waals surface area (Å²) in [4.78, 5) is 20.0. The van der Waals surface area contributed by atoms with Crippen molar-refractivity contribution in [2.75, 3.05) is 19.7 Å². The molecule has 1 saturated heterocycles. The zero-order valence-corrected chi connectivity index (χ0v) is 18.9. The number of carbonyl (C=O) groups excluding carboxylic acids is 1. The van der Waals surface area contributed by atoms with Gasteiger partial charge in [-0.05, 0) is 61.2 Å². The van der Waals surface area contributed by atoms with E-state index >= 15 is 0 Å². The van der Waals surface area contributed by atoms with E-state index < -0.39 is 0 Å². The Kier molecular flexibility index (Phi) is 8.62. The molecule has 1 fully saturated rings. The highest BCUT2D eigenvalue weighted by molar-refractivity contribution is 5.97. The zero-order chi connectivity index (χ0) is 22.9. The third kappa shape index (κ3) is 7.05. The van der Waals surface area contributed by atoms with E-state index in [4.69, 9.17) is 10.6 Å². The van der Waals surface area contributed by atoms with E-state index in [0.29, 0.717) is 0 Å². The van der Waals surface area contributed by atoms with Crippen molar-refractivity contribution in [3.63, 3.8) is 0 Å². The average molecular weight is 441 g/mol. The minimum atomic E-state index is -0.316. The van der Waals surface area contributed by atoms with Crippen LogP contribution in [0.15, 0.2) is 53.7 Å². The molecule has 2 aromatic rings. The number of nitrogens with one attached hydrogen (secondary N) is 1. The van der Waals surface area contributed by atoms with E-state index in [1.165, 1.54) is 37.0 Å². The van der Waals surface area contributed by atoms with E-state index in [9.17, 15) is 9.18 Å². The maximum absolute atomic E-state index is 13.2. The number of oxime groups is 1. The molecule has 1 aliphatic rings. The minimum Gasteiger partial charge on any atom is -0.384 e. The summed E-state index contributed by atoms with van der Waals surface area (Å²) in [6.07, 6.45) is 3.80. The predicted molar refractivity (Wildman–Crippen MR) is 124 cm³/mol. The molecule has 6 nitrogen and oxygen atoms in total. The molecule has 7 heteroatoms. The zero-order valence-electron chi connectivity index (χ0n) is 18.9. The summed E-state index contributed by atoms with van der Waals surface area (Å²) >= 11 is 0. The van der Waals surface area contributed by atoms with Gasteiger partial charge in [-0.1, -0.05) is 55.8 Å². The number of hydrogen-bond acceptors (Lipinski definition) is 4. The van der Waals surface area contributed by atoms with Crippen LogP contribution < -0.4 is 11.1 Å². The molecule has 1 aliphatic heterocycles. The third-order valence-electron chi connectivity index (χ3n) is 5.65. The average Bonchev–Trinajstić information content (AvgIpc) is 2.79. The Morgan fingerprint density at radius 1 is 1.16 bits per heavy atom. The lowest BCUT2D eigenvalue weighted by Crippen LogP contribution is -2.34. The summed E-state index contributed by atoms with van der Waals surface area (Å²) in [5, 5.41) is 6.85. The van der Waals surface area contributed by atoms with E-state index in [1.807, 2.05) is 32.0 Å². The van der Waals surface area contributed by atoms with Crippen molar-refractivity contribution < 1.29 is 14.0 Å². The summed E-state index contributed by atoms with van der Waals surface area (Å²) in [5.74, 6) is -0.267. The van der Waals surface area contributed by atoms with Crippen LogP contribution in [0, 0.1) is 11.7 Å². The van der Waals surface area contributed by atoms with Gasteiger partial charge in [0.25, 0.3) is 5.91 Å². The Hall–Kier alpha value is -2.93. The molecule has 1 amide bonds. The van der Waals surface area contributed by atoms with E-state index in [1.54, 1.807) is 12.1 Å². The van der Waals surface area contributed by atoms with Crippen LogP contribution in [0.2, 0.25) is 0 Å². The number of nitrogens with zero attached hydrogens (tertiary/aromatic N) is 2. The van der Waals surface area contributed by atoms with Gasteiger partial charge in [-0.2, -0.15) is 0 Å². The summed E-state index contributed by atoms with van der Waals surface area (Å²) in [6.45, 7) is 6.87. The lowest BCUT2D eigenvalue weighted by molar-refractivity contribution is -0.126. The first kappa shape index (κ1) is 23.7. The number of piperidine rings is 1. The van der Waals surface area contributed by atoms with Crippen LogP contribution in [0.1, 0.15) is 55.8 Å². The molecule has 1 heterocycles. The second kappa shape index (κ2) is 11.6. The smallest absolute Gasteiger partial charge is 0.261 e.